The van der Waals surface area contributed by atoms with E-state index in [9.17, 15) is 4.79 Å². The van der Waals surface area contributed by atoms with E-state index in [2.05, 4.69) is 13.2 Å². The highest BCUT2D eigenvalue weighted by Crippen LogP contribution is 2.29. The summed E-state index contributed by atoms with van der Waals surface area (Å²) in [7, 11) is 1.57. The van der Waals surface area contributed by atoms with Crippen molar-refractivity contribution in [3.05, 3.63) is 41.1 Å². The van der Waals surface area contributed by atoms with Gasteiger partial charge < -0.3 is 9.64 Å². The van der Waals surface area contributed by atoms with Gasteiger partial charge in [0.1, 0.15) is 10.6 Å². The number of nitrogens with zero attached hydrogens (tertiary/aromatic N) is 1. The van der Waals surface area contributed by atoms with Crippen LogP contribution < -0.4 is 4.74 Å². The Kier molecular flexibility index (Phi) is 4.97. The Balaban J connectivity index is 2.98. The molecule has 1 amide bonds. The number of carbonyl (C=O) groups is 1. The van der Waals surface area contributed by atoms with Crippen LogP contribution in [0.1, 0.15) is 14.5 Å². The van der Waals surface area contributed by atoms with E-state index in [0.717, 1.165) is 4.88 Å². The Morgan fingerprint density at radius 2 is 2.06 bits per heavy atom. The molecule has 0 fully saturated rings. The number of hydrogen-bond donors (Lipinski definition) is 0. The van der Waals surface area contributed by atoms with Crippen LogP contribution in [0.3, 0.4) is 0 Å². The van der Waals surface area contributed by atoms with E-state index < -0.39 is 0 Å². The highest BCUT2D eigenvalue weighted by Gasteiger charge is 2.20. The summed E-state index contributed by atoms with van der Waals surface area (Å²) in [5.41, 5.74) is 0. The lowest BCUT2D eigenvalue weighted by molar-refractivity contribution is 0.0792. The van der Waals surface area contributed by atoms with E-state index in [-0.39, 0.29) is 5.91 Å². The molecule has 0 spiro atoms. The Morgan fingerprint density at radius 3 is 2.53 bits per heavy atom. The molecule has 0 saturated carbocycles. The van der Waals surface area contributed by atoms with Crippen molar-refractivity contribution in [2.24, 2.45) is 0 Å². The number of hydrogen-bond acceptors (Lipinski definition) is 3. The molecule has 0 aliphatic heterocycles. The van der Waals surface area contributed by atoms with Gasteiger partial charge in [0.15, 0.2) is 0 Å². The van der Waals surface area contributed by atoms with Gasteiger partial charge >= 0.3 is 0 Å². The zero-order valence-corrected chi connectivity index (χ0v) is 11.0. The van der Waals surface area contributed by atoms with Gasteiger partial charge in [-0.3, -0.25) is 4.79 Å². The van der Waals surface area contributed by atoms with E-state index >= 15 is 0 Å². The fraction of sp³-hybridized carbons (Fsp3) is 0.308. The van der Waals surface area contributed by atoms with Crippen LogP contribution in [0.25, 0.3) is 0 Å². The SMILES string of the molecule is C=CCN(CC=C)C(=O)c1sc(C)cc1OC. The van der Waals surface area contributed by atoms with Gasteiger partial charge in [0.25, 0.3) is 5.91 Å². The standard InChI is InChI=1S/C13H17NO2S/c1-5-7-14(8-6-2)13(15)12-11(16-4)9-10(3)17-12/h5-6,9H,1-2,7-8H2,3-4H3. The third kappa shape index (κ3) is 3.20. The average Bonchev–Trinajstić information content (AvgIpc) is 2.69. The molecule has 3 nitrogen and oxygen atoms in total. The minimum Gasteiger partial charge on any atom is -0.495 e. The average molecular weight is 251 g/mol. The molecule has 0 atom stereocenters. The molecular formula is C13H17NO2S. The van der Waals surface area contributed by atoms with Gasteiger partial charge in [-0.1, -0.05) is 12.2 Å². The van der Waals surface area contributed by atoms with Crippen LogP contribution in [0.4, 0.5) is 0 Å². The third-order valence-corrected chi connectivity index (χ3v) is 3.24. The van der Waals surface area contributed by atoms with Gasteiger partial charge in [0.05, 0.1) is 7.11 Å². The number of thiophene rings is 1. The second-order valence-electron chi connectivity index (χ2n) is 3.54. The first kappa shape index (κ1) is 13.5. The predicted molar refractivity (Wildman–Crippen MR) is 71.9 cm³/mol. The van der Waals surface area contributed by atoms with Gasteiger partial charge in [-0.25, -0.2) is 0 Å². The first-order chi connectivity index (χ1) is 8.13. The van der Waals surface area contributed by atoms with Crippen LogP contribution in [0.5, 0.6) is 5.75 Å². The van der Waals surface area contributed by atoms with Crippen LogP contribution in [-0.4, -0.2) is 31.0 Å². The molecule has 0 aromatic carbocycles. The number of carbonyl (C=O) groups excluding carboxylic acids is 1. The monoisotopic (exact) mass is 251 g/mol. The van der Waals surface area contributed by atoms with E-state index in [4.69, 9.17) is 4.74 Å². The smallest absolute Gasteiger partial charge is 0.268 e. The summed E-state index contributed by atoms with van der Waals surface area (Å²) in [6.07, 6.45) is 3.41. The minimum absolute atomic E-state index is 0.0419. The molecule has 92 valence electrons. The van der Waals surface area contributed by atoms with Gasteiger partial charge in [-0.05, 0) is 13.0 Å². The summed E-state index contributed by atoms with van der Waals surface area (Å²) < 4.78 is 5.20. The van der Waals surface area contributed by atoms with E-state index in [1.807, 2.05) is 13.0 Å². The molecule has 0 unspecified atom stereocenters. The maximum atomic E-state index is 12.3. The Labute approximate surface area is 106 Å². The first-order valence-electron chi connectivity index (χ1n) is 5.29. The molecule has 1 aromatic heterocycles. The molecule has 0 bridgehead atoms. The minimum atomic E-state index is -0.0419. The maximum Gasteiger partial charge on any atom is 0.268 e. The van der Waals surface area contributed by atoms with Crippen molar-refractivity contribution in [3.8, 4) is 5.75 Å². The van der Waals surface area contributed by atoms with Crippen LogP contribution in [0.2, 0.25) is 0 Å². The summed E-state index contributed by atoms with van der Waals surface area (Å²) in [4.78, 5) is 15.6. The summed E-state index contributed by atoms with van der Waals surface area (Å²) in [5, 5.41) is 0. The highest BCUT2D eigenvalue weighted by molar-refractivity contribution is 7.14. The number of ether oxygens (including phenoxy) is 1. The zero-order valence-electron chi connectivity index (χ0n) is 10.2. The molecule has 17 heavy (non-hydrogen) atoms. The van der Waals surface area contributed by atoms with Crippen molar-refractivity contribution < 1.29 is 9.53 Å². The number of rotatable bonds is 6. The van der Waals surface area contributed by atoms with E-state index in [1.165, 1.54) is 11.3 Å². The van der Waals surface area contributed by atoms with Crippen LogP contribution in [0, 0.1) is 6.92 Å². The molecular weight excluding hydrogens is 234 g/mol. The second kappa shape index (κ2) is 6.25. The van der Waals surface area contributed by atoms with Crippen LogP contribution in [-0.2, 0) is 0 Å². The molecule has 1 rings (SSSR count). The zero-order chi connectivity index (χ0) is 12.8. The van der Waals surface area contributed by atoms with Gasteiger partial charge in [0.2, 0.25) is 0 Å². The summed E-state index contributed by atoms with van der Waals surface area (Å²) in [6, 6.07) is 1.87. The van der Waals surface area contributed by atoms with E-state index in [1.54, 1.807) is 24.2 Å². The lowest BCUT2D eigenvalue weighted by atomic mass is 10.3. The summed E-state index contributed by atoms with van der Waals surface area (Å²) in [5.74, 6) is 0.593. The van der Waals surface area contributed by atoms with Crippen LogP contribution in [0.15, 0.2) is 31.4 Å². The summed E-state index contributed by atoms with van der Waals surface area (Å²) in [6.45, 7) is 10.3. The Morgan fingerprint density at radius 1 is 1.47 bits per heavy atom. The molecule has 0 saturated heterocycles. The Hall–Kier alpha value is -1.55. The predicted octanol–water partition coefficient (Wildman–Crippen LogP) is 2.88. The molecule has 0 aliphatic rings. The lowest BCUT2D eigenvalue weighted by Gasteiger charge is -2.18. The van der Waals surface area contributed by atoms with Crippen molar-refractivity contribution in [2.45, 2.75) is 6.92 Å². The largest absolute Gasteiger partial charge is 0.495 e. The van der Waals surface area contributed by atoms with Crippen molar-refractivity contribution in [2.75, 3.05) is 20.2 Å². The third-order valence-electron chi connectivity index (χ3n) is 2.22. The van der Waals surface area contributed by atoms with E-state index in [0.29, 0.717) is 23.7 Å². The number of methoxy groups -OCH3 is 1. The second-order valence-corrected chi connectivity index (χ2v) is 4.80. The van der Waals surface area contributed by atoms with Crippen LogP contribution >= 0.6 is 11.3 Å². The molecule has 0 radical (unpaired) electrons. The number of aryl methyl sites for hydroxylation is 1. The summed E-state index contributed by atoms with van der Waals surface area (Å²) >= 11 is 1.44. The lowest BCUT2D eigenvalue weighted by Crippen LogP contribution is -2.30. The quantitative estimate of drug-likeness (QED) is 0.728. The van der Waals surface area contributed by atoms with Crippen molar-refractivity contribution in [1.82, 2.24) is 4.90 Å². The van der Waals surface area contributed by atoms with Crippen molar-refractivity contribution in [1.29, 1.82) is 0 Å². The Bertz CT molecular complexity index is 413. The van der Waals surface area contributed by atoms with Gasteiger partial charge in [0, 0.05) is 18.0 Å². The molecule has 4 heteroatoms. The molecule has 1 aromatic rings. The molecule has 1 heterocycles. The van der Waals surface area contributed by atoms with Gasteiger partial charge in [-0.2, -0.15) is 0 Å². The van der Waals surface area contributed by atoms with Crippen molar-refractivity contribution >= 4 is 17.2 Å². The topological polar surface area (TPSA) is 29.5 Å². The highest BCUT2D eigenvalue weighted by atomic mass is 32.1. The fourth-order valence-electron chi connectivity index (χ4n) is 1.49. The molecule has 0 aliphatic carbocycles. The number of amides is 1. The maximum absolute atomic E-state index is 12.3. The van der Waals surface area contributed by atoms with Crippen molar-refractivity contribution in [3.63, 3.8) is 0 Å². The normalized spacial score (nSPS) is 9.76. The fourth-order valence-corrected chi connectivity index (χ4v) is 2.43. The first-order valence-corrected chi connectivity index (χ1v) is 6.11. The van der Waals surface area contributed by atoms with Gasteiger partial charge in [-0.15, -0.1) is 24.5 Å². The molecule has 0 N–H and O–H groups in total.